The summed E-state index contributed by atoms with van der Waals surface area (Å²) in [7, 11) is 1.30. The molecule has 1 heterocycles. The van der Waals surface area contributed by atoms with E-state index in [1.54, 1.807) is 6.07 Å². The van der Waals surface area contributed by atoms with Crippen molar-refractivity contribution in [2.75, 3.05) is 7.11 Å². The molecule has 6 heteroatoms. The predicted octanol–water partition coefficient (Wildman–Crippen LogP) is 2.80. The highest BCUT2D eigenvalue weighted by Gasteiger charge is 2.21. The number of carbonyl (C=O) groups excluding carboxylic acids is 1. The van der Waals surface area contributed by atoms with E-state index in [0.717, 1.165) is 10.0 Å². The van der Waals surface area contributed by atoms with Gasteiger partial charge in [0.15, 0.2) is 6.04 Å². The van der Waals surface area contributed by atoms with Gasteiger partial charge in [-0.15, -0.1) is 0 Å². The Labute approximate surface area is 130 Å². The van der Waals surface area contributed by atoms with E-state index in [-0.39, 0.29) is 5.56 Å². The van der Waals surface area contributed by atoms with Crippen LogP contribution in [0.25, 0.3) is 11.3 Å². The monoisotopic (exact) mass is 350 g/mol. The molecular formula is C15H15BrN2O3. The molecule has 2 rings (SSSR count). The molecule has 0 aliphatic carbocycles. The van der Waals surface area contributed by atoms with Gasteiger partial charge in [-0.25, -0.2) is 9.48 Å². The van der Waals surface area contributed by atoms with Crippen molar-refractivity contribution in [3.8, 4) is 11.3 Å². The third kappa shape index (κ3) is 3.39. The van der Waals surface area contributed by atoms with Gasteiger partial charge < -0.3 is 4.74 Å². The van der Waals surface area contributed by atoms with Crippen LogP contribution >= 0.6 is 15.9 Å². The number of rotatable bonds is 4. The summed E-state index contributed by atoms with van der Waals surface area (Å²) in [6.07, 6.45) is 0.434. The van der Waals surface area contributed by atoms with Crippen LogP contribution in [0, 0.1) is 0 Å². The molecule has 5 nitrogen and oxygen atoms in total. The molecule has 0 aliphatic rings. The standard InChI is InChI=1S/C15H15BrN2O3/c1-3-13(15(20)21-2)18-14(19)9-8-12(17-18)10-4-6-11(16)7-5-10/h4-9,13H,3H2,1-2H3. The number of esters is 1. The first-order valence-electron chi connectivity index (χ1n) is 6.50. The Bertz CT molecular complexity index is 695. The molecule has 0 fully saturated rings. The fraction of sp³-hybridized carbons (Fsp3) is 0.267. The van der Waals surface area contributed by atoms with Crippen molar-refractivity contribution in [1.29, 1.82) is 0 Å². The molecule has 21 heavy (non-hydrogen) atoms. The maximum atomic E-state index is 12.0. The summed E-state index contributed by atoms with van der Waals surface area (Å²) in [5.74, 6) is -0.472. The van der Waals surface area contributed by atoms with Gasteiger partial charge in [0.25, 0.3) is 5.56 Å². The number of aromatic nitrogens is 2. The molecule has 1 unspecified atom stereocenters. The highest BCUT2D eigenvalue weighted by atomic mass is 79.9. The third-order valence-electron chi connectivity index (χ3n) is 3.12. The Hall–Kier alpha value is -1.95. The van der Waals surface area contributed by atoms with E-state index in [9.17, 15) is 9.59 Å². The van der Waals surface area contributed by atoms with Crippen LogP contribution in [-0.4, -0.2) is 22.9 Å². The van der Waals surface area contributed by atoms with E-state index in [2.05, 4.69) is 21.0 Å². The summed E-state index contributed by atoms with van der Waals surface area (Å²) in [4.78, 5) is 23.7. The zero-order chi connectivity index (χ0) is 15.4. The van der Waals surface area contributed by atoms with Crippen molar-refractivity contribution < 1.29 is 9.53 Å². The average Bonchev–Trinajstić information content (AvgIpc) is 2.50. The van der Waals surface area contributed by atoms with Crippen molar-refractivity contribution in [1.82, 2.24) is 9.78 Å². The summed E-state index contributed by atoms with van der Waals surface area (Å²) in [6.45, 7) is 1.81. The van der Waals surface area contributed by atoms with Crippen molar-refractivity contribution >= 4 is 21.9 Å². The zero-order valence-electron chi connectivity index (χ0n) is 11.7. The number of benzene rings is 1. The predicted molar refractivity (Wildman–Crippen MR) is 83.0 cm³/mol. The molecule has 0 aliphatic heterocycles. The third-order valence-corrected chi connectivity index (χ3v) is 3.65. The molecule has 0 bridgehead atoms. The minimum absolute atomic E-state index is 0.326. The van der Waals surface area contributed by atoms with Gasteiger partial charge in [-0.3, -0.25) is 4.79 Å². The molecule has 0 N–H and O–H groups in total. The smallest absolute Gasteiger partial charge is 0.330 e. The van der Waals surface area contributed by atoms with Crippen molar-refractivity contribution in [2.24, 2.45) is 0 Å². The van der Waals surface area contributed by atoms with Crippen LogP contribution in [0.4, 0.5) is 0 Å². The topological polar surface area (TPSA) is 61.2 Å². The Balaban J connectivity index is 2.48. The Kier molecular flexibility index (Phi) is 4.90. The zero-order valence-corrected chi connectivity index (χ0v) is 13.3. The van der Waals surface area contributed by atoms with Gasteiger partial charge in [-0.1, -0.05) is 35.0 Å². The minimum atomic E-state index is -0.710. The SMILES string of the molecule is CCC(C(=O)OC)n1nc(-c2ccc(Br)cc2)ccc1=O. The van der Waals surface area contributed by atoms with Crippen molar-refractivity contribution in [3.63, 3.8) is 0 Å². The lowest BCUT2D eigenvalue weighted by atomic mass is 10.1. The largest absolute Gasteiger partial charge is 0.467 e. The van der Waals surface area contributed by atoms with E-state index < -0.39 is 12.0 Å². The van der Waals surface area contributed by atoms with Gasteiger partial charge in [0, 0.05) is 16.1 Å². The fourth-order valence-electron chi connectivity index (χ4n) is 2.00. The number of carbonyl (C=O) groups is 1. The van der Waals surface area contributed by atoms with E-state index >= 15 is 0 Å². The number of hydrogen-bond acceptors (Lipinski definition) is 4. The molecule has 0 saturated carbocycles. The van der Waals surface area contributed by atoms with Crippen LogP contribution in [0.1, 0.15) is 19.4 Å². The Morgan fingerprint density at radius 3 is 2.52 bits per heavy atom. The number of ether oxygens (including phenoxy) is 1. The van der Waals surface area contributed by atoms with Gasteiger partial charge in [-0.2, -0.15) is 5.10 Å². The molecule has 1 atom stereocenters. The lowest BCUT2D eigenvalue weighted by Crippen LogP contribution is -2.32. The number of methoxy groups -OCH3 is 1. The van der Waals surface area contributed by atoms with Crippen LogP contribution in [0.15, 0.2) is 45.7 Å². The molecule has 1 aromatic carbocycles. The second-order valence-corrected chi connectivity index (χ2v) is 5.37. The maximum absolute atomic E-state index is 12.0. The lowest BCUT2D eigenvalue weighted by Gasteiger charge is -2.15. The van der Waals surface area contributed by atoms with Crippen molar-refractivity contribution in [3.05, 3.63) is 51.2 Å². The molecule has 0 saturated heterocycles. The normalized spacial score (nSPS) is 12.0. The van der Waals surface area contributed by atoms with Crippen LogP contribution in [0.5, 0.6) is 0 Å². The summed E-state index contributed by atoms with van der Waals surface area (Å²) in [5, 5.41) is 4.30. The van der Waals surface area contributed by atoms with Crippen LogP contribution in [-0.2, 0) is 9.53 Å². The van der Waals surface area contributed by atoms with Gasteiger partial charge >= 0.3 is 5.97 Å². The molecule has 110 valence electrons. The van der Waals surface area contributed by atoms with E-state index in [0.29, 0.717) is 12.1 Å². The first-order chi connectivity index (χ1) is 10.1. The van der Waals surface area contributed by atoms with Gasteiger partial charge in [0.05, 0.1) is 12.8 Å². The molecule has 1 aromatic heterocycles. The van der Waals surface area contributed by atoms with Gasteiger partial charge in [-0.05, 0) is 24.6 Å². The maximum Gasteiger partial charge on any atom is 0.330 e. The second-order valence-electron chi connectivity index (χ2n) is 4.46. The van der Waals surface area contributed by atoms with E-state index in [1.807, 2.05) is 31.2 Å². The summed E-state index contributed by atoms with van der Waals surface area (Å²) >= 11 is 3.37. The summed E-state index contributed by atoms with van der Waals surface area (Å²) < 4.78 is 6.87. The summed E-state index contributed by atoms with van der Waals surface area (Å²) in [5.41, 5.74) is 1.17. The first kappa shape index (κ1) is 15.4. The van der Waals surface area contributed by atoms with Gasteiger partial charge in [0.1, 0.15) is 0 Å². The Morgan fingerprint density at radius 2 is 1.95 bits per heavy atom. The fourth-order valence-corrected chi connectivity index (χ4v) is 2.26. The molecule has 0 amide bonds. The number of nitrogens with zero attached hydrogens (tertiary/aromatic N) is 2. The number of hydrogen-bond donors (Lipinski definition) is 0. The van der Waals surface area contributed by atoms with Gasteiger partial charge in [0.2, 0.25) is 0 Å². The highest BCUT2D eigenvalue weighted by Crippen LogP contribution is 2.20. The lowest BCUT2D eigenvalue weighted by molar-refractivity contribution is -0.145. The van der Waals surface area contributed by atoms with Crippen LogP contribution < -0.4 is 5.56 Å². The molecule has 0 spiro atoms. The van der Waals surface area contributed by atoms with Crippen LogP contribution in [0.2, 0.25) is 0 Å². The molecular weight excluding hydrogens is 336 g/mol. The van der Waals surface area contributed by atoms with E-state index in [4.69, 9.17) is 4.74 Å². The Morgan fingerprint density at radius 1 is 1.29 bits per heavy atom. The molecule has 2 aromatic rings. The van der Waals surface area contributed by atoms with Crippen LogP contribution in [0.3, 0.4) is 0 Å². The quantitative estimate of drug-likeness (QED) is 0.795. The molecule has 0 radical (unpaired) electrons. The average molecular weight is 351 g/mol. The number of halogens is 1. The first-order valence-corrected chi connectivity index (χ1v) is 7.29. The second kappa shape index (κ2) is 6.67. The highest BCUT2D eigenvalue weighted by molar-refractivity contribution is 9.10. The summed E-state index contributed by atoms with van der Waals surface area (Å²) in [6, 6.07) is 9.91. The van der Waals surface area contributed by atoms with Crippen molar-refractivity contribution in [2.45, 2.75) is 19.4 Å². The van der Waals surface area contributed by atoms with E-state index in [1.165, 1.54) is 17.9 Å². The minimum Gasteiger partial charge on any atom is -0.467 e.